The number of thiazole rings is 1. The number of para-hydroxylation sites is 3. The lowest BCUT2D eigenvalue weighted by Gasteiger charge is -2.17. The Hall–Kier alpha value is -6.98. The van der Waals surface area contributed by atoms with Gasteiger partial charge in [-0.1, -0.05) is 200 Å². The minimum atomic E-state index is -3.98. The van der Waals surface area contributed by atoms with Crippen LogP contribution in [0.3, 0.4) is 0 Å². The Labute approximate surface area is 539 Å². The summed E-state index contributed by atoms with van der Waals surface area (Å²) in [5.74, 6) is 3.22. The predicted molar refractivity (Wildman–Crippen MR) is 368 cm³/mol. The number of nitrogens with one attached hydrogen (secondary N) is 3. The molecule has 4 aromatic heterocycles. The van der Waals surface area contributed by atoms with E-state index in [4.69, 9.17) is 15.5 Å². The van der Waals surface area contributed by atoms with Gasteiger partial charge in [-0.25, -0.2) is 23.1 Å². The first-order valence-electron chi connectivity index (χ1n) is 31.4. The first-order valence-corrected chi connectivity index (χ1v) is 35.5. The number of sulfonamides is 1. The second-order valence-electron chi connectivity index (χ2n) is 22.8. The molecular weight excluding hydrogens is 1190 g/mol. The van der Waals surface area contributed by atoms with Crippen LogP contribution in [0, 0.1) is 53.4 Å². The van der Waals surface area contributed by atoms with E-state index < -0.39 is 22.5 Å². The summed E-state index contributed by atoms with van der Waals surface area (Å²) in [4.78, 5) is 22.0. The van der Waals surface area contributed by atoms with Gasteiger partial charge >= 0.3 is 5.97 Å². The number of azo groups is 2. The van der Waals surface area contributed by atoms with Gasteiger partial charge in [-0.2, -0.15) is 9.82 Å². The molecule has 0 bridgehead atoms. The number of nitrogens with two attached hydrogens (primary N) is 1. The fourth-order valence-electron chi connectivity index (χ4n) is 10.2. The van der Waals surface area contributed by atoms with E-state index in [9.17, 15) is 13.2 Å². The fourth-order valence-corrected chi connectivity index (χ4v) is 13.9. The number of carbonyl (C=O) groups is 1. The van der Waals surface area contributed by atoms with E-state index in [2.05, 4.69) is 148 Å². The zero-order chi connectivity index (χ0) is 63.7. The van der Waals surface area contributed by atoms with Gasteiger partial charge in [0.1, 0.15) is 18.1 Å². The molecule has 4 aromatic carbocycles. The number of hydrogen-bond donors (Lipinski definition) is 4. The molecule has 0 fully saturated rings. The molecule has 18 nitrogen and oxygen atoms in total. The maximum Gasteiger partial charge on any atom is 0.321 e. The van der Waals surface area contributed by atoms with E-state index in [0.717, 1.165) is 91.2 Å². The minimum Gasteiger partial charge on any atom is -0.464 e. The molecule has 0 aliphatic carbocycles. The van der Waals surface area contributed by atoms with E-state index >= 15 is 0 Å². The van der Waals surface area contributed by atoms with E-state index in [-0.39, 0.29) is 4.90 Å². The molecule has 0 spiro atoms. The van der Waals surface area contributed by atoms with Crippen molar-refractivity contribution in [3.63, 3.8) is 0 Å². The number of esters is 1. The number of rotatable bonds is 34. The van der Waals surface area contributed by atoms with Gasteiger partial charge in [0, 0.05) is 17.1 Å². The second-order valence-corrected chi connectivity index (χ2v) is 27.8. The van der Waals surface area contributed by atoms with Crippen molar-refractivity contribution in [2.45, 2.75) is 181 Å². The predicted octanol–water partition coefficient (Wildman–Crippen LogP) is 19.6. The lowest BCUT2D eigenvalue weighted by molar-refractivity contribution is -0.143. The fraction of sp³-hybridized carbons (Fsp3) is 0.463. The third kappa shape index (κ3) is 21.1. The molecule has 2 unspecified atom stereocenters. The highest BCUT2D eigenvalue weighted by molar-refractivity contribution is 8.01. The average molecular weight is 1280 g/mol. The molecule has 89 heavy (non-hydrogen) atoms. The molecule has 22 heteroatoms. The van der Waals surface area contributed by atoms with Crippen LogP contribution in [0.15, 0.2) is 121 Å². The largest absolute Gasteiger partial charge is 0.464 e. The highest BCUT2D eigenvalue weighted by atomic mass is 32.2. The van der Waals surface area contributed by atoms with Crippen LogP contribution in [-0.4, -0.2) is 63.2 Å². The van der Waals surface area contributed by atoms with Crippen molar-refractivity contribution < 1.29 is 17.9 Å². The van der Waals surface area contributed by atoms with Gasteiger partial charge < -0.3 is 21.1 Å². The summed E-state index contributed by atoms with van der Waals surface area (Å²) in [7, 11) is -3.98. The van der Waals surface area contributed by atoms with Crippen LogP contribution < -0.4 is 21.1 Å². The number of aryl methyl sites for hydroxylation is 6. The quantitative estimate of drug-likeness (QED) is 0.0127. The molecule has 0 aliphatic rings. The van der Waals surface area contributed by atoms with Gasteiger partial charge in [-0.05, 0) is 137 Å². The van der Waals surface area contributed by atoms with E-state index in [0.29, 0.717) is 62.9 Å². The molecule has 8 aromatic rings. The summed E-state index contributed by atoms with van der Waals surface area (Å²) in [6, 6.07) is 28.6. The Morgan fingerprint density at radius 3 is 1.91 bits per heavy atom. The average Bonchev–Trinajstić information content (AvgIpc) is 2.31. The highest BCUT2D eigenvalue weighted by Crippen LogP contribution is 2.39. The summed E-state index contributed by atoms with van der Waals surface area (Å²) in [6.45, 7) is 21.0. The summed E-state index contributed by atoms with van der Waals surface area (Å²) in [5.41, 5.74) is 16.9. The first kappa shape index (κ1) is 69.5. The number of aromatic nitrogens is 6. The van der Waals surface area contributed by atoms with Gasteiger partial charge in [-0.3, -0.25) is 4.79 Å². The van der Waals surface area contributed by atoms with Crippen molar-refractivity contribution in [1.82, 2.24) is 34.7 Å². The number of carbonyl (C=O) groups excluding carboxylic acids is 1. The van der Waals surface area contributed by atoms with Crippen molar-refractivity contribution in [3.8, 4) is 5.69 Å². The summed E-state index contributed by atoms with van der Waals surface area (Å²) >= 11 is 4.52. The number of ether oxygens (including phenoxy) is 1. The number of nitrogen functional groups attached to an aromatic ring is 1. The molecule has 0 amide bonds. The number of thioether (sulfide) groups is 1. The molecule has 4 heterocycles. The van der Waals surface area contributed by atoms with Crippen LogP contribution in [0.4, 0.5) is 50.5 Å². The summed E-state index contributed by atoms with van der Waals surface area (Å²) < 4.78 is 37.4. The van der Waals surface area contributed by atoms with E-state index in [1.165, 1.54) is 112 Å². The molecule has 0 saturated heterocycles. The van der Waals surface area contributed by atoms with Crippen LogP contribution in [0.1, 0.15) is 164 Å². The van der Waals surface area contributed by atoms with Crippen molar-refractivity contribution in [2.75, 3.05) is 35.3 Å². The Bertz CT molecular complexity index is 3670. The highest BCUT2D eigenvalue weighted by Gasteiger charge is 2.21. The first-order chi connectivity index (χ1) is 43.0. The molecule has 0 saturated carbocycles. The zero-order valence-corrected chi connectivity index (χ0v) is 56.8. The summed E-state index contributed by atoms with van der Waals surface area (Å²) in [5, 5.41) is 38.8. The molecule has 0 aliphatic heterocycles. The molecule has 8 rings (SSSR count). The van der Waals surface area contributed by atoms with Crippen LogP contribution in [0.5, 0.6) is 0 Å². The summed E-state index contributed by atoms with van der Waals surface area (Å²) in [6.07, 6.45) is 19.0. The Morgan fingerprint density at radius 1 is 0.640 bits per heavy atom. The number of fused-ring (bicyclic) bond motifs is 1. The standard InChI is InChI=1S/C35H49N7O4S2.C32H41N7S2/c1-4-6-8-10-11-14-18-27(17-13-9-7-5-2)25-46-32(43)24-37-48(44,45)29-21-22-31-30(23-29)38-35(47-31)40-39-33-26(3)41-42(34(33)36)28-19-15-12-16-20-28;1-8-10-17-25(9-2)19-40-32-39-38-31(41-32)37-36-29-24(7)18-26(33-27-20(3)13-11-14-21(27)4)34-30(29)35-28-22(5)15-12-16-23(28)6/h12,15-16,19-23,27,37H,4-11,13-14,17-18,24-25,36H2,1-3H3;11-16,18,25H,8-10,17,19H2,1-7H3,(H2,33,34,35). The number of unbranched alkanes of at least 4 members (excludes halogenated alkanes) is 9. The molecule has 476 valence electrons. The SMILES string of the molecule is CCCCC(CC)CSc1nnc(N=Nc2c(C)cc(Nc3c(C)cccc3C)nc2Nc2c(C)cccc2C)s1.CCCCCCCCC(CCCCCC)COC(=O)CNS(=O)(=O)c1ccc2sc(N=Nc3c(C)nn(-c4ccccc4)c3N)nc2c1. The minimum absolute atomic E-state index is 0.00214. The van der Waals surface area contributed by atoms with Crippen molar-refractivity contribution in [1.29, 1.82) is 0 Å². The van der Waals surface area contributed by atoms with E-state index in [1.54, 1.807) is 29.4 Å². The monoisotopic (exact) mass is 1280 g/mol. The van der Waals surface area contributed by atoms with Crippen LogP contribution in [0.2, 0.25) is 0 Å². The van der Waals surface area contributed by atoms with Crippen LogP contribution >= 0.6 is 34.4 Å². The van der Waals surface area contributed by atoms with Crippen LogP contribution in [-0.2, 0) is 19.6 Å². The Balaban J connectivity index is 0.000000257. The van der Waals surface area contributed by atoms with Gasteiger partial charge in [0.05, 0.1) is 33.1 Å². The molecule has 5 N–H and O–H groups in total. The van der Waals surface area contributed by atoms with Gasteiger partial charge in [0.25, 0.3) is 5.13 Å². The van der Waals surface area contributed by atoms with Crippen molar-refractivity contribution in [3.05, 3.63) is 125 Å². The topological polar surface area (TPSA) is 241 Å². The number of nitrogens with zero attached hydrogens (tertiary/aromatic N) is 10. The smallest absolute Gasteiger partial charge is 0.321 e. The van der Waals surface area contributed by atoms with Gasteiger partial charge in [0.2, 0.25) is 15.2 Å². The third-order valence-corrected chi connectivity index (χ3v) is 20.0. The lowest BCUT2D eigenvalue weighted by atomic mass is 9.95. The van der Waals surface area contributed by atoms with Gasteiger partial charge in [0.15, 0.2) is 21.7 Å². The molecular formula is C67H90N14O4S4. The maximum atomic E-state index is 13.1. The maximum absolute atomic E-state index is 13.1. The Morgan fingerprint density at radius 2 is 1.25 bits per heavy atom. The lowest BCUT2D eigenvalue weighted by Crippen LogP contribution is -2.31. The molecule has 2 atom stereocenters. The van der Waals surface area contributed by atoms with Gasteiger partial charge in [-0.15, -0.1) is 30.7 Å². The number of anilines is 5. The molecule has 0 radical (unpaired) electrons. The third-order valence-electron chi connectivity index (χ3n) is 15.5. The number of pyridine rings is 1. The number of benzene rings is 4. The van der Waals surface area contributed by atoms with E-state index in [1.807, 2.05) is 43.3 Å². The zero-order valence-electron chi connectivity index (χ0n) is 53.6. The van der Waals surface area contributed by atoms with Crippen molar-refractivity contribution in [2.24, 2.45) is 32.3 Å². The van der Waals surface area contributed by atoms with Crippen LogP contribution in [0.25, 0.3) is 15.9 Å². The number of hydrogen-bond acceptors (Lipinski definition) is 19. The normalized spacial score (nSPS) is 12.4. The second kappa shape index (κ2) is 35.4. The Kier molecular flexibility index (Phi) is 27.7. The van der Waals surface area contributed by atoms with Crippen molar-refractivity contribution >= 4 is 111 Å².